The number of thiazole rings is 1. The fraction of sp³-hybridized carbons (Fsp3) is 0.200. The van der Waals surface area contributed by atoms with Crippen LogP contribution in [0, 0.1) is 5.82 Å². The van der Waals surface area contributed by atoms with Gasteiger partial charge in [-0.25, -0.2) is 14.2 Å². The number of piperazine rings is 1. The van der Waals surface area contributed by atoms with Gasteiger partial charge in [0.25, 0.3) is 0 Å². The van der Waals surface area contributed by atoms with E-state index in [-0.39, 0.29) is 17.9 Å². The number of nitrogens with one attached hydrogen (secondary N) is 1. The number of hydrogen-bond donors (Lipinski definition) is 1. The zero-order valence-electron chi connectivity index (χ0n) is 17.4. The van der Waals surface area contributed by atoms with Gasteiger partial charge in [-0.1, -0.05) is 72.0 Å². The molecule has 5 nitrogen and oxygen atoms in total. The Labute approximate surface area is 190 Å². The van der Waals surface area contributed by atoms with Crippen LogP contribution in [0.15, 0.2) is 78.9 Å². The first kappa shape index (κ1) is 20.5. The summed E-state index contributed by atoms with van der Waals surface area (Å²) in [6, 6.07) is 24.4. The van der Waals surface area contributed by atoms with E-state index >= 15 is 0 Å². The van der Waals surface area contributed by atoms with Gasteiger partial charge in [0.1, 0.15) is 5.82 Å². The molecule has 2 heterocycles. The molecule has 0 aliphatic carbocycles. The van der Waals surface area contributed by atoms with Crippen molar-refractivity contribution in [2.75, 3.05) is 31.1 Å². The van der Waals surface area contributed by atoms with Crippen LogP contribution in [0.5, 0.6) is 0 Å². The first-order chi connectivity index (χ1) is 15.7. The number of carbonyl (C=O) groups is 1. The first-order valence-electron chi connectivity index (χ1n) is 10.6. The summed E-state index contributed by atoms with van der Waals surface area (Å²) >= 11 is 1.49. The van der Waals surface area contributed by atoms with Crippen LogP contribution >= 0.6 is 11.3 Å². The minimum atomic E-state index is -0.249. The van der Waals surface area contributed by atoms with Gasteiger partial charge in [0.15, 0.2) is 5.13 Å². The summed E-state index contributed by atoms with van der Waals surface area (Å²) in [5.41, 5.74) is 2.90. The number of rotatable bonds is 4. The van der Waals surface area contributed by atoms with Crippen molar-refractivity contribution in [1.82, 2.24) is 15.2 Å². The molecule has 2 amide bonds. The second-order valence-electron chi connectivity index (χ2n) is 7.79. The van der Waals surface area contributed by atoms with Crippen molar-refractivity contribution >= 4 is 32.7 Å². The number of carbonyl (C=O) groups excluding carboxylic acids is 1. The molecule has 4 aromatic rings. The molecule has 1 saturated heterocycles. The molecule has 3 aromatic carbocycles. The van der Waals surface area contributed by atoms with Crippen LogP contribution in [-0.4, -0.2) is 42.1 Å². The zero-order chi connectivity index (χ0) is 21.9. The lowest BCUT2D eigenvalue weighted by Gasteiger charge is -2.35. The Morgan fingerprint density at radius 2 is 1.53 bits per heavy atom. The number of nitrogens with zero attached hydrogens (tertiary/aromatic N) is 3. The van der Waals surface area contributed by atoms with Gasteiger partial charge in [-0.05, 0) is 29.3 Å². The van der Waals surface area contributed by atoms with Crippen LogP contribution in [0.4, 0.5) is 14.3 Å². The van der Waals surface area contributed by atoms with E-state index in [1.54, 1.807) is 6.07 Å². The highest BCUT2D eigenvalue weighted by Crippen LogP contribution is 2.30. The second kappa shape index (κ2) is 8.96. The summed E-state index contributed by atoms with van der Waals surface area (Å²) in [5.74, 6) is -0.249. The van der Waals surface area contributed by atoms with Crippen LogP contribution in [0.1, 0.15) is 17.2 Å². The van der Waals surface area contributed by atoms with Crippen LogP contribution < -0.4 is 10.2 Å². The molecule has 0 spiro atoms. The van der Waals surface area contributed by atoms with Gasteiger partial charge >= 0.3 is 6.03 Å². The Hall–Kier alpha value is -3.45. The highest BCUT2D eigenvalue weighted by molar-refractivity contribution is 7.22. The maximum atomic E-state index is 13.5. The monoisotopic (exact) mass is 446 g/mol. The van der Waals surface area contributed by atoms with Crippen molar-refractivity contribution < 1.29 is 9.18 Å². The molecule has 7 heteroatoms. The number of urea groups is 1. The number of halogens is 1. The van der Waals surface area contributed by atoms with E-state index in [0.29, 0.717) is 26.2 Å². The van der Waals surface area contributed by atoms with Gasteiger partial charge in [0.05, 0.1) is 16.3 Å². The van der Waals surface area contributed by atoms with Gasteiger partial charge in [-0.15, -0.1) is 0 Å². The smallest absolute Gasteiger partial charge is 0.318 e. The summed E-state index contributed by atoms with van der Waals surface area (Å²) in [4.78, 5) is 21.8. The zero-order valence-corrected chi connectivity index (χ0v) is 18.3. The van der Waals surface area contributed by atoms with Crippen molar-refractivity contribution in [3.8, 4) is 0 Å². The molecule has 1 fully saturated rings. The lowest BCUT2D eigenvalue weighted by molar-refractivity contribution is 0.192. The molecule has 0 bridgehead atoms. The Morgan fingerprint density at radius 1 is 0.906 bits per heavy atom. The SMILES string of the molecule is O=C(NC(c1ccccc1)c1ccccc1)N1CCN(c2nc3ccc(F)cc3s2)CC1. The lowest BCUT2D eigenvalue weighted by atomic mass is 9.99. The third kappa shape index (κ3) is 4.29. The molecular formula is C25H23FN4OS. The summed E-state index contributed by atoms with van der Waals surface area (Å²) < 4.78 is 14.3. The van der Waals surface area contributed by atoms with Crippen LogP contribution in [-0.2, 0) is 0 Å². The molecule has 1 aliphatic heterocycles. The molecule has 5 rings (SSSR count). The van der Waals surface area contributed by atoms with Crippen LogP contribution in [0.2, 0.25) is 0 Å². The van der Waals surface area contributed by atoms with Gasteiger partial charge in [0.2, 0.25) is 0 Å². The van der Waals surface area contributed by atoms with E-state index in [1.807, 2.05) is 65.6 Å². The number of hydrogen-bond acceptors (Lipinski definition) is 4. The Balaban J connectivity index is 1.27. The van der Waals surface area contributed by atoms with E-state index in [0.717, 1.165) is 26.5 Å². The van der Waals surface area contributed by atoms with E-state index in [1.165, 1.54) is 23.5 Å². The quantitative estimate of drug-likeness (QED) is 0.477. The van der Waals surface area contributed by atoms with Crippen LogP contribution in [0.3, 0.4) is 0 Å². The average Bonchev–Trinajstić information content (AvgIpc) is 3.27. The molecule has 0 atom stereocenters. The average molecular weight is 447 g/mol. The van der Waals surface area contributed by atoms with Crippen molar-refractivity contribution in [3.63, 3.8) is 0 Å². The molecule has 1 aliphatic rings. The molecule has 162 valence electrons. The van der Waals surface area contributed by atoms with E-state index in [4.69, 9.17) is 0 Å². The molecule has 1 N–H and O–H groups in total. The predicted octanol–water partition coefficient (Wildman–Crippen LogP) is 5.06. The van der Waals surface area contributed by atoms with Crippen molar-refractivity contribution in [1.29, 1.82) is 0 Å². The van der Waals surface area contributed by atoms with Crippen LogP contribution in [0.25, 0.3) is 10.2 Å². The van der Waals surface area contributed by atoms with Gasteiger partial charge < -0.3 is 15.1 Å². The number of benzene rings is 3. The minimum Gasteiger partial charge on any atom is -0.345 e. The fourth-order valence-corrected chi connectivity index (χ4v) is 5.03. The number of amides is 2. The normalized spacial score (nSPS) is 14.2. The number of aromatic nitrogens is 1. The summed E-state index contributed by atoms with van der Waals surface area (Å²) in [7, 11) is 0. The molecule has 1 aromatic heterocycles. The Bertz CT molecular complexity index is 1170. The van der Waals surface area contributed by atoms with E-state index in [2.05, 4.69) is 15.2 Å². The molecule has 0 unspecified atom stereocenters. The molecular weight excluding hydrogens is 423 g/mol. The molecule has 32 heavy (non-hydrogen) atoms. The maximum absolute atomic E-state index is 13.5. The largest absolute Gasteiger partial charge is 0.345 e. The minimum absolute atomic E-state index is 0.0753. The highest BCUT2D eigenvalue weighted by atomic mass is 32.1. The predicted molar refractivity (Wildman–Crippen MR) is 127 cm³/mol. The lowest BCUT2D eigenvalue weighted by Crippen LogP contribution is -2.52. The second-order valence-corrected chi connectivity index (χ2v) is 8.80. The van der Waals surface area contributed by atoms with Gasteiger partial charge in [-0.2, -0.15) is 0 Å². The Kier molecular flexibility index (Phi) is 5.73. The number of fused-ring (bicyclic) bond motifs is 1. The summed E-state index contributed by atoms with van der Waals surface area (Å²) in [6.07, 6.45) is 0. The van der Waals surface area contributed by atoms with Gasteiger partial charge in [0, 0.05) is 26.2 Å². The third-order valence-electron chi connectivity index (χ3n) is 5.71. The Morgan fingerprint density at radius 3 is 2.16 bits per heavy atom. The molecule has 0 saturated carbocycles. The van der Waals surface area contributed by atoms with E-state index < -0.39 is 0 Å². The third-order valence-corrected chi connectivity index (χ3v) is 6.79. The highest BCUT2D eigenvalue weighted by Gasteiger charge is 2.25. The summed E-state index contributed by atoms with van der Waals surface area (Å²) in [5, 5.41) is 4.09. The van der Waals surface area contributed by atoms with Crippen molar-refractivity contribution in [3.05, 3.63) is 95.8 Å². The van der Waals surface area contributed by atoms with Crippen molar-refractivity contribution in [2.45, 2.75) is 6.04 Å². The first-order valence-corrected chi connectivity index (χ1v) is 11.5. The van der Waals surface area contributed by atoms with Gasteiger partial charge in [-0.3, -0.25) is 0 Å². The van der Waals surface area contributed by atoms with E-state index in [9.17, 15) is 9.18 Å². The maximum Gasteiger partial charge on any atom is 0.318 e. The molecule has 0 radical (unpaired) electrons. The topological polar surface area (TPSA) is 48.5 Å². The fourth-order valence-electron chi connectivity index (χ4n) is 3.99. The number of anilines is 1. The summed E-state index contributed by atoms with van der Waals surface area (Å²) in [6.45, 7) is 2.59. The standard InChI is InChI=1S/C25H23FN4OS/c26-20-11-12-21-22(17-20)32-25(27-21)30-15-13-29(14-16-30)24(31)28-23(18-7-3-1-4-8-18)19-9-5-2-6-10-19/h1-12,17,23H,13-16H2,(H,28,31). The van der Waals surface area contributed by atoms with Crippen molar-refractivity contribution in [2.24, 2.45) is 0 Å².